The van der Waals surface area contributed by atoms with Crippen molar-refractivity contribution in [1.29, 1.82) is 5.41 Å². The number of ether oxygens (including phenoxy) is 2. The Balaban J connectivity index is 1.77. The number of nitrogens with zero attached hydrogens (tertiary/aromatic N) is 3. The van der Waals surface area contributed by atoms with Crippen LogP contribution in [0.5, 0.6) is 11.6 Å². The molecular weight excluding hydrogens is 365 g/mol. The first-order valence-electron chi connectivity index (χ1n) is 8.90. The maximum Gasteiger partial charge on any atom is 0.240 e. The van der Waals surface area contributed by atoms with Crippen molar-refractivity contribution in [2.24, 2.45) is 5.92 Å². The molecule has 2 N–H and O–H groups in total. The highest BCUT2D eigenvalue weighted by molar-refractivity contribution is 6.00. The molecule has 2 fully saturated rings. The lowest BCUT2D eigenvalue weighted by atomic mass is 9.73. The Hall–Kier alpha value is -3.07. The standard InChI is InChI=1S/C19H20FN5O3/c1-11-16(23-7-6-22-11)28-12-3-4-15(20)14(9-12)19-10-27-8-5-13(19)17(26)25(2)18(21)24-19/h3-4,6-7,9,13H,5,8,10H2,1-2H3,(H2,21,24)/t13?,19-/m0/s1. The van der Waals surface area contributed by atoms with Gasteiger partial charge in [0.05, 0.1) is 18.2 Å². The predicted octanol–water partition coefficient (Wildman–Crippen LogP) is 1.94. The number of hydrogen-bond acceptors (Lipinski definition) is 6. The summed E-state index contributed by atoms with van der Waals surface area (Å²) < 4.78 is 26.3. The van der Waals surface area contributed by atoms with Crippen molar-refractivity contribution >= 4 is 11.9 Å². The second-order valence-corrected chi connectivity index (χ2v) is 6.93. The molecule has 8 nitrogen and oxygen atoms in total. The summed E-state index contributed by atoms with van der Waals surface area (Å²) in [7, 11) is 1.53. The van der Waals surface area contributed by atoms with E-state index in [0.29, 0.717) is 30.4 Å². The van der Waals surface area contributed by atoms with Crippen LogP contribution in [-0.4, -0.2) is 47.0 Å². The number of nitrogens with one attached hydrogen (secondary N) is 2. The number of hydrogen-bond donors (Lipinski definition) is 2. The van der Waals surface area contributed by atoms with E-state index < -0.39 is 17.3 Å². The lowest BCUT2D eigenvalue weighted by molar-refractivity contribution is -0.143. The molecule has 2 saturated heterocycles. The Kier molecular flexibility index (Phi) is 4.46. The molecule has 0 aliphatic carbocycles. The van der Waals surface area contributed by atoms with E-state index in [0.717, 1.165) is 0 Å². The molecule has 2 aliphatic rings. The number of halogens is 1. The first-order chi connectivity index (χ1) is 13.4. The van der Waals surface area contributed by atoms with Crippen LogP contribution in [0.2, 0.25) is 0 Å². The molecule has 0 radical (unpaired) electrons. The van der Waals surface area contributed by atoms with E-state index in [1.54, 1.807) is 13.1 Å². The summed E-state index contributed by atoms with van der Waals surface area (Å²) in [5.74, 6) is -0.711. The zero-order valence-electron chi connectivity index (χ0n) is 15.5. The zero-order chi connectivity index (χ0) is 19.9. The van der Waals surface area contributed by atoms with Crippen LogP contribution in [0.1, 0.15) is 17.7 Å². The summed E-state index contributed by atoms with van der Waals surface area (Å²) in [6.07, 6.45) is 3.49. The van der Waals surface area contributed by atoms with Gasteiger partial charge in [0.15, 0.2) is 5.96 Å². The van der Waals surface area contributed by atoms with E-state index >= 15 is 0 Å². The van der Waals surface area contributed by atoms with E-state index in [2.05, 4.69) is 15.3 Å². The summed E-state index contributed by atoms with van der Waals surface area (Å²) >= 11 is 0. The van der Waals surface area contributed by atoms with E-state index in [9.17, 15) is 9.18 Å². The molecule has 9 heteroatoms. The third-order valence-electron chi connectivity index (χ3n) is 5.25. The SMILES string of the molecule is Cc1nccnc1Oc1ccc(F)c([C@]23COCCC2C(=O)N(C)C(=N)N3)c1. The first-order valence-corrected chi connectivity index (χ1v) is 8.90. The van der Waals surface area contributed by atoms with Crippen LogP contribution in [0, 0.1) is 24.1 Å². The Morgan fingerprint density at radius 1 is 1.39 bits per heavy atom. The van der Waals surface area contributed by atoms with Gasteiger partial charge < -0.3 is 14.8 Å². The van der Waals surface area contributed by atoms with E-state index in [-0.39, 0.29) is 24.0 Å². The molecule has 4 rings (SSSR count). The van der Waals surface area contributed by atoms with Crippen molar-refractivity contribution in [3.63, 3.8) is 0 Å². The van der Waals surface area contributed by atoms with Crippen molar-refractivity contribution < 1.29 is 18.7 Å². The molecule has 1 unspecified atom stereocenters. The minimum atomic E-state index is -1.17. The Morgan fingerprint density at radius 3 is 2.96 bits per heavy atom. The average Bonchev–Trinajstić information content (AvgIpc) is 2.69. The van der Waals surface area contributed by atoms with E-state index in [1.165, 1.54) is 36.3 Å². The topological polar surface area (TPSA) is 100 Å². The predicted molar refractivity (Wildman–Crippen MR) is 97.5 cm³/mol. The van der Waals surface area contributed by atoms with E-state index in [4.69, 9.17) is 14.9 Å². The number of fused-ring (bicyclic) bond motifs is 1. The smallest absolute Gasteiger partial charge is 0.240 e. The van der Waals surface area contributed by atoms with Gasteiger partial charge in [-0.3, -0.25) is 20.1 Å². The van der Waals surface area contributed by atoms with Gasteiger partial charge in [-0.2, -0.15) is 0 Å². The lowest BCUT2D eigenvalue weighted by Gasteiger charge is -2.49. The molecule has 1 aromatic heterocycles. The van der Waals surface area contributed by atoms with Crippen LogP contribution in [-0.2, 0) is 15.1 Å². The first kappa shape index (κ1) is 18.3. The number of guanidine groups is 1. The van der Waals surface area contributed by atoms with Gasteiger partial charge in [-0.05, 0) is 31.5 Å². The van der Waals surface area contributed by atoms with E-state index in [1.807, 2.05) is 0 Å². The highest BCUT2D eigenvalue weighted by atomic mass is 19.1. The quantitative estimate of drug-likeness (QED) is 0.838. The number of benzene rings is 1. The minimum absolute atomic E-state index is 0.0736. The van der Waals surface area contributed by atoms with Crippen LogP contribution in [0.3, 0.4) is 0 Å². The molecule has 2 aromatic rings. The monoisotopic (exact) mass is 385 g/mol. The number of carbonyl (C=O) groups excluding carboxylic acids is 1. The molecule has 146 valence electrons. The van der Waals surface area contributed by atoms with Crippen LogP contribution in [0.25, 0.3) is 0 Å². The molecule has 1 amide bonds. The second kappa shape index (κ2) is 6.83. The molecule has 2 atom stereocenters. The Labute approximate surface area is 161 Å². The average molecular weight is 385 g/mol. The highest BCUT2D eigenvalue weighted by Crippen LogP contribution is 2.41. The fourth-order valence-corrected chi connectivity index (χ4v) is 3.73. The van der Waals surface area contributed by atoms with Crippen LogP contribution in [0.4, 0.5) is 4.39 Å². The van der Waals surface area contributed by atoms with Crippen LogP contribution >= 0.6 is 0 Å². The molecular formula is C19H20FN5O3. The summed E-state index contributed by atoms with van der Waals surface area (Å²) in [5, 5.41) is 11.1. The number of amides is 1. The minimum Gasteiger partial charge on any atom is -0.437 e. The van der Waals surface area contributed by atoms with Gasteiger partial charge in [-0.15, -0.1) is 0 Å². The van der Waals surface area contributed by atoms with Crippen molar-refractivity contribution in [3.05, 3.63) is 47.7 Å². The molecule has 0 saturated carbocycles. The van der Waals surface area contributed by atoms with Gasteiger partial charge in [0.1, 0.15) is 17.1 Å². The molecule has 3 heterocycles. The molecule has 28 heavy (non-hydrogen) atoms. The number of aromatic nitrogens is 2. The molecule has 0 spiro atoms. The van der Waals surface area contributed by atoms with Gasteiger partial charge in [0, 0.05) is 31.6 Å². The fourth-order valence-electron chi connectivity index (χ4n) is 3.73. The van der Waals surface area contributed by atoms with Gasteiger partial charge in [-0.1, -0.05) is 0 Å². The fraction of sp³-hybridized carbons (Fsp3) is 0.368. The Bertz CT molecular complexity index is 953. The summed E-state index contributed by atoms with van der Waals surface area (Å²) in [6, 6.07) is 4.30. The lowest BCUT2D eigenvalue weighted by Crippen LogP contribution is -2.68. The Morgan fingerprint density at radius 2 is 2.18 bits per heavy atom. The van der Waals surface area contributed by atoms with Gasteiger partial charge in [0.2, 0.25) is 11.8 Å². The van der Waals surface area contributed by atoms with Gasteiger partial charge in [-0.25, -0.2) is 9.37 Å². The van der Waals surface area contributed by atoms with Crippen molar-refractivity contribution in [2.45, 2.75) is 18.9 Å². The number of aryl methyl sites for hydroxylation is 1. The number of carbonyl (C=O) groups is 1. The van der Waals surface area contributed by atoms with Crippen molar-refractivity contribution in [1.82, 2.24) is 20.2 Å². The molecule has 0 bridgehead atoms. The molecule has 1 aromatic carbocycles. The largest absolute Gasteiger partial charge is 0.437 e. The summed E-state index contributed by atoms with van der Waals surface area (Å²) in [4.78, 5) is 22.3. The zero-order valence-corrected chi connectivity index (χ0v) is 15.5. The van der Waals surface area contributed by atoms with Gasteiger partial charge in [0.25, 0.3) is 0 Å². The highest BCUT2D eigenvalue weighted by Gasteiger charge is 2.53. The molecule has 2 aliphatic heterocycles. The van der Waals surface area contributed by atoms with Gasteiger partial charge >= 0.3 is 0 Å². The van der Waals surface area contributed by atoms with Crippen molar-refractivity contribution in [2.75, 3.05) is 20.3 Å². The van der Waals surface area contributed by atoms with Crippen LogP contribution < -0.4 is 10.1 Å². The van der Waals surface area contributed by atoms with Crippen molar-refractivity contribution in [3.8, 4) is 11.6 Å². The third kappa shape index (κ3) is 2.88. The third-order valence-corrected chi connectivity index (χ3v) is 5.25. The normalized spacial score (nSPS) is 24.5. The maximum atomic E-state index is 14.9. The second-order valence-electron chi connectivity index (χ2n) is 6.93. The maximum absolute atomic E-state index is 14.9. The summed E-state index contributed by atoms with van der Waals surface area (Å²) in [6.45, 7) is 2.23. The van der Waals surface area contributed by atoms with Crippen LogP contribution in [0.15, 0.2) is 30.6 Å². The number of rotatable bonds is 3. The summed E-state index contributed by atoms with van der Waals surface area (Å²) in [5.41, 5.74) is -0.345.